The lowest BCUT2D eigenvalue weighted by Gasteiger charge is -2.29. The van der Waals surface area contributed by atoms with Crippen molar-refractivity contribution in [2.75, 3.05) is 39.9 Å². The molecule has 0 aliphatic carbocycles. The molecule has 3 rings (SSSR count). The Morgan fingerprint density at radius 1 is 1.30 bits per heavy atom. The summed E-state index contributed by atoms with van der Waals surface area (Å²) in [5.74, 6) is 0.353. The van der Waals surface area contributed by atoms with E-state index in [-0.39, 0.29) is 29.5 Å². The maximum absolute atomic E-state index is 14.0. The highest BCUT2D eigenvalue weighted by molar-refractivity contribution is 7.11. The van der Waals surface area contributed by atoms with Crippen LogP contribution < -0.4 is 0 Å². The minimum absolute atomic E-state index is 0.0546. The van der Waals surface area contributed by atoms with Gasteiger partial charge in [0.05, 0.1) is 6.61 Å². The van der Waals surface area contributed by atoms with Gasteiger partial charge in [-0.25, -0.2) is 4.39 Å². The monoisotopic (exact) mass is 432 g/mol. The number of nitrogens with zero attached hydrogens (tertiary/aromatic N) is 2. The fourth-order valence-corrected chi connectivity index (χ4v) is 5.25. The highest BCUT2D eigenvalue weighted by Crippen LogP contribution is 2.35. The van der Waals surface area contributed by atoms with Crippen molar-refractivity contribution < 1.29 is 13.9 Å². The number of hydrogen-bond acceptors (Lipinski definition) is 4. The van der Waals surface area contributed by atoms with Crippen LogP contribution in [0.5, 0.6) is 0 Å². The van der Waals surface area contributed by atoms with E-state index in [9.17, 15) is 9.18 Å². The molecule has 2 heterocycles. The Morgan fingerprint density at radius 3 is 2.73 bits per heavy atom. The molecule has 1 fully saturated rings. The SMILES string of the molecule is COCCN(CC1CN(Cc2ccc(C)s2)CC1c1cccc(F)c1)C(=O)C(C)C. The molecule has 4 nitrogen and oxygen atoms in total. The molecule has 1 amide bonds. The van der Waals surface area contributed by atoms with Crippen LogP contribution in [-0.4, -0.2) is 55.6 Å². The summed E-state index contributed by atoms with van der Waals surface area (Å²) in [6.45, 7) is 10.4. The van der Waals surface area contributed by atoms with E-state index in [0.717, 1.165) is 25.2 Å². The second kappa shape index (κ2) is 10.5. The number of ether oxygens (including phenoxy) is 1. The van der Waals surface area contributed by atoms with Gasteiger partial charge >= 0.3 is 0 Å². The lowest BCUT2D eigenvalue weighted by Crippen LogP contribution is -2.41. The highest BCUT2D eigenvalue weighted by Gasteiger charge is 2.36. The van der Waals surface area contributed by atoms with E-state index in [1.165, 1.54) is 15.8 Å². The normalized spacial score (nSPS) is 19.5. The number of thiophene rings is 1. The van der Waals surface area contributed by atoms with Gasteiger partial charge in [0.15, 0.2) is 0 Å². The first-order valence-corrected chi connectivity index (χ1v) is 11.5. The molecule has 1 aromatic heterocycles. The molecular formula is C24H33FN2O2S. The van der Waals surface area contributed by atoms with E-state index < -0.39 is 0 Å². The van der Waals surface area contributed by atoms with Gasteiger partial charge in [0.1, 0.15) is 5.82 Å². The van der Waals surface area contributed by atoms with Gasteiger partial charge in [0.2, 0.25) is 5.91 Å². The average molecular weight is 433 g/mol. The molecule has 30 heavy (non-hydrogen) atoms. The largest absolute Gasteiger partial charge is 0.383 e. The summed E-state index contributed by atoms with van der Waals surface area (Å²) in [5, 5.41) is 0. The number of rotatable bonds is 9. The van der Waals surface area contributed by atoms with Gasteiger partial charge in [-0.1, -0.05) is 26.0 Å². The van der Waals surface area contributed by atoms with Gasteiger partial charge in [-0.3, -0.25) is 9.69 Å². The van der Waals surface area contributed by atoms with E-state index in [1.54, 1.807) is 19.2 Å². The number of amides is 1. The maximum atomic E-state index is 14.0. The molecule has 0 bridgehead atoms. The summed E-state index contributed by atoms with van der Waals surface area (Å²) >= 11 is 1.83. The zero-order valence-corrected chi connectivity index (χ0v) is 19.3. The van der Waals surface area contributed by atoms with E-state index in [4.69, 9.17) is 4.74 Å². The number of carbonyl (C=O) groups is 1. The first kappa shape index (κ1) is 22.9. The van der Waals surface area contributed by atoms with Crippen molar-refractivity contribution >= 4 is 17.2 Å². The molecule has 2 aromatic rings. The Labute approximate surface area is 183 Å². The van der Waals surface area contributed by atoms with Crippen molar-refractivity contribution in [2.24, 2.45) is 11.8 Å². The number of hydrogen-bond donors (Lipinski definition) is 0. The van der Waals surface area contributed by atoms with Crippen molar-refractivity contribution in [3.8, 4) is 0 Å². The molecule has 0 saturated carbocycles. The Balaban J connectivity index is 1.80. The van der Waals surface area contributed by atoms with Crippen LogP contribution in [0.3, 0.4) is 0 Å². The number of methoxy groups -OCH3 is 1. The van der Waals surface area contributed by atoms with Crippen LogP contribution in [0.15, 0.2) is 36.4 Å². The quantitative estimate of drug-likeness (QED) is 0.583. The molecule has 1 saturated heterocycles. The third-order valence-electron chi connectivity index (χ3n) is 5.79. The maximum Gasteiger partial charge on any atom is 0.225 e. The summed E-state index contributed by atoms with van der Waals surface area (Å²) in [5.41, 5.74) is 1.02. The average Bonchev–Trinajstić information content (AvgIpc) is 3.30. The number of benzene rings is 1. The third-order valence-corrected chi connectivity index (χ3v) is 6.78. The van der Waals surface area contributed by atoms with Crippen LogP contribution in [0.1, 0.15) is 35.1 Å². The van der Waals surface area contributed by atoms with E-state index in [0.29, 0.717) is 19.7 Å². The first-order valence-electron chi connectivity index (χ1n) is 10.7. The fraction of sp³-hybridized carbons (Fsp3) is 0.542. The Kier molecular flexibility index (Phi) is 8.03. The van der Waals surface area contributed by atoms with Crippen LogP contribution in [0.25, 0.3) is 0 Å². The highest BCUT2D eigenvalue weighted by atomic mass is 32.1. The molecule has 1 aliphatic rings. The summed E-state index contributed by atoms with van der Waals surface area (Å²) in [6.07, 6.45) is 0. The molecule has 1 aliphatic heterocycles. The summed E-state index contributed by atoms with van der Waals surface area (Å²) in [7, 11) is 1.66. The molecule has 0 N–H and O–H groups in total. The standard InChI is InChI=1S/C24H33FN2O2S/c1-17(2)24(28)27(10-11-29-4)14-20-13-26(15-22-9-8-18(3)30-22)16-23(20)19-6-5-7-21(25)12-19/h5-9,12,17,20,23H,10-11,13-16H2,1-4H3. The molecule has 0 spiro atoms. The molecule has 1 aromatic carbocycles. The lowest BCUT2D eigenvalue weighted by molar-refractivity contribution is -0.135. The predicted octanol–water partition coefficient (Wildman–Crippen LogP) is 4.54. The van der Waals surface area contributed by atoms with Crippen LogP contribution in [0, 0.1) is 24.6 Å². The molecule has 6 heteroatoms. The van der Waals surface area contributed by atoms with E-state index >= 15 is 0 Å². The molecule has 0 radical (unpaired) electrons. The van der Waals surface area contributed by atoms with E-state index in [2.05, 4.69) is 24.0 Å². The zero-order valence-electron chi connectivity index (χ0n) is 18.4. The lowest BCUT2D eigenvalue weighted by atomic mass is 9.88. The van der Waals surface area contributed by atoms with Crippen LogP contribution >= 0.6 is 11.3 Å². The summed E-state index contributed by atoms with van der Waals surface area (Å²) < 4.78 is 19.2. The fourth-order valence-electron chi connectivity index (χ4n) is 4.32. The molecule has 2 atom stereocenters. The van der Waals surface area contributed by atoms with Gasteiger partial charge in [0.25, 0.3) is 0 Å². The van der Waals surface area contributed by atoms with Gasteiger partial charge in [0, 0.05) is 61.4 Å². The molecule has 164 valence electrons. The number of aryl methyl sites for hydroxylation is 1. The molecule has 2 unspecified atom stereocenters. The minimum Gasteiger partial charge on any atom is -0.383 e. The van der Waals surface area contributed by atoms with Crippen molar-refractivity contribution in [1.82, 2.24) is 9.80 Å². The second-order valence-corrected chi connectivity index (χ2v) is 9.93. The van der Waals surface area contributed by atoms with E-state index in [1.807, 2.05) is 36.2 Å². The van der Waals surface area contributed by atoms with Crippen LogP contribution in [0.4, 0.5) is 4.39 Å². The molecular weight excluding hydrogens is 399 g/mol. The van der Waals surface area contributed by atoms with Crippen molar-refractivity contribution in [3.63, 3.8) is 0 Å². The summed E-state index contributed by atoms with van der Waals surface area (Å²) in [4.78, 5) is 19.8. The Hall–Kier alpha value is -1.76. The van der Waals surface area contributed by atoms with Crippen LogP contribution in [0.2, 0.25) is 0 Å². The van der Waals surface area contributed by atoms with Crippen LogP contribution in [-0.2, 0) is 16.1 Å². The van der Waals surface area contributed by atoms with Crippen molar-refractivity contribution in [3.05, 3.63) is 57.5 Å². The van der Waals surface area contributed by atoms with Gasteiger partial charge in [-0.05, 0) is 42.7 Å². The Bertz CT molecular complexity index is 838. The number of halogens is 1. The minimum atomic E-state index is -0.201. The first-order chi connectivity index (χ1) is 14.4. The number of carbonyl (C=O) groups excluding carboxylic acids is 1. The second-order valence-electron chi connectivity index (χ2n) is 8.56. The van der Waals surface area contributed by atoms with Crippen molar-refractivity contribution in [1.29, 1.82) is 0 Å². The van der Waals surface area contributed by atoms with Gasteiger partial charge in [-0.15, -0.1) is 11.3 Å². The Morgan fingerprint density at radius 2 is 2.10 bits per heavy atom. The van der Waals surface area contributed by atoms with Crippen molar-refractivity contribution in [2.45, 2.75) is 33.2 Å². The van der Waals surface area contributed by atoms with Gasteiger partial charge < -0.3 is 9.64 Å². The smallest absolute Gasteiger partial charge is 0.225 e. The zero-order chi connectivity index (χ0) is 21.7. The topological polar surface area (TPSA) is 32.8 Å². The van der Waals surface area contributed by atoms with Gasteiger partial charge in [-0.2, -0.15) is 0 Å². The summed E-state index contributed by atoms with van der Waals surface area (Å²) in [6, 6.07) is 11.3. The predicted molar refractivity (Wildman–Crippen MR) is 120 cm³/mol. The third kappa shape index (κ3) is 5.90. The number of likely N-dealkylation sites (tertiary alicyclic amines) is 1.